The summed E-state index contributed by atoms with van der Waals surface area (Å²) in [5.74, 6) is -2.46. The van der Waals surface area contributed by atoms with Gasteiger partial charge in [-0.3, -0.25) is 4.79 Å². The Labute approximate surface area is 103 Å². The van der Waals surface area contributed by atoms with E-state index in [1.807, 2.05) is 0 Å². The molecule has 0 aromatic heterocycles. The van der Waals surface area contributed by atoms with Gasteiger partial charge >= 0.3 is 11.9 Å². The van der Waals surface area contributed by atoms with Gasteiger partial charge in [-0.15, -0.1) is 24.8 Å². The number of carbonyl (C=O) groups excluding carboxylic acids is 1. The molecule has 1 rings (SSSR count). The highest BCUT2D eigenvalue weighted by molar-refractivity contribution is 5.99. The number of carboxylic acid groups (broad SMARTS) is 2. The van der Waals surface area contributed by atoms with Gasteiger partial charge < -0.3 is 10.2 Å². The van der Waals surface area contributed by atoms with E-state index in [1.54, 1.807) is 0 Å². The standard InChI is InChI=1S/C9H6O5.2ClH/c10-4-6-3-5(8(11)12)1-2-7(6)9(13)14;;/h1-4H,(H,11,12)(H,13,14);2*1H. The van der Waals surface area contributed by atoms with Crippen LogP contribution in [0.1, 0.15) is 31.1 Å². The average Bonchev–Trinajstić information content (AvgIpc) is 2.16. The zero-order valence-corrected chi connectivity index (χ0v) is 9.38. The summed E-state index contributed by atoms with van der Waals surface area (Å²) in [5.41, 5.74) is -0.459. The molecule has 7 heteroatoms. The van der Waals surface area contributed by atoms with Gasteiger partial charge in [0.25, 0.3) is 0 Å². The highest BCUT2D eigenvalue weighted by Crippen LogP contribution is 2.10. The first-order valence-electron chi connectivity index (χ1n) is 3.62. The van der Waals surface area contributed by atoms with E-state index in [1.165, 1.54) is 0 Å². The summed E-state index contributed by atoms with van der Waals surface area (Å²) in [7, 11) is 0. The lowest BCUT2D eigenvalue weighted by Gasteiger charge is -2.00. The molecule has 0 saturated carbocycles. The number of hydrogen-bond donors (Lipinski definition) is 2. The topological polar surface area (TPSA) is 91.7 Å². The van der Waals surface area contributed by atoms with E-state index in [0.29, 0.717) is 6.29 Å². The molecule has 0 aliphatic carbocycles. The fraction of sp³-hybridized carbons (Fsp3) is 0. The molecule has 16 heavy (non-hydrogen) atoms. The average molecular weight is 267 g/mol. The quantitative estimate of drug-likeness (QED) is 0.814. The van der Waals surface area contributed by atoms with Crippen LogP contribution in [0.15, 0.2) is 18.2 Å². The Morgan fingerprint density at radius 2 is 1.62 bits per heavy atom. The van der Waals surface area contributed by atoms with Crippen molar-refractivity contribution in [1.29, 1.82) is 0 Å². The first-order valence-corrected chi connectivity index (χ1v) is 3.62. The molecule has 0 fully saturated rings. The summed E-state index contributed by atoms with van der Waals surface area (Å²) in [6.45, 7) is 0. The second kappa shape index (κ2) is 6.81. The molecule has 0 amide bonds. The Morgan fingerprint density at radius 1 is 1.06 bits per heavy atom. The summed E-state index contributed by atoms with van der Waals surface area (Å²) < 4.78 is 0. The minimum absolute atomic E-state index is 0. The molecule has 0 aliphatic rings. The van der Waals surface area contributed by atoms with Gasteiger partial charge in [0.2, 0.25) is 0 Å². The van der Waals surface area contributed by atoms with E-state index in [9.17, 15) is 14.4 Å². The van der Waals surface area contributed by atoms with Crippen molar-refractivity contribution in [2.75, 3.05) is 0 Å². The second-order valence-electron chi connectivity index (χ2n) is 2.53. The minimum atomic E-state index is -1.26. The Kier molecular flexibility index (Phi) is 7.17. The molecule has 0 bridgehead atoms. The number of carbonyl (C=O) groups is 3. The molecule has 1 aromatic carbocycles. The number of halogens is 2. The number of benzene rings is 1. The monoisotopic (exact) mass is 266 g/mol. The maximum Gasteiger partial charge on any atom is 0.336 e. The lowest BCUT2D eigenvalue weighted by Crippen LogP contribution is -2.05. The fourth-order valence-corrected chi connectivity index (χ4v) is 0.988. The zero-order chi connectivity index (χ0) is 10.7. The van der Waals surface area contributed by atoms with Crippen molar-refractivity contribution in [3.8, 4) is 0 Å². The second-order valence-corrected chi connectivity index (χ2v) is 2.53. The molecule has 0 radical (unpaired) electrons. The maximum atomic E-state index is 10.6. The van der Waals surface area contributed by atoms with Gasteiger partial charge in [-0.05, 0) is 18.2 Å². The normalized spacial score (nSPS) is 8.25. The first kappa shape index (κ1) is 16.8. The van der Waals surface area contributed by atoms with Crippen LogP contribution in [0.4, 0.5) is 0 Å². The van der Waals surface area contributed by atoms with Crippen LogP contribution in [0.2, 0.25) is 0 Å². The Balaban J connectivity index is 0. The van der Waals surface area contributed by atoms with E-state index in [0.717, 1.165) is 18.2 Å². The molecule has 5 nitrogen and oxygen atoms in total. The maximum absolute atomic E-state index is 10.6. The molecule has 0 unspecified atom stereocenters. The molecule has 88 valence electrons. The minimum Gasteiger partial charge on any atom is -0.478 e. The van der Waals surface area contributed by atoms with E-state index in [2.05, 4.69) is 0 Å². The molecular formula is C9H8Cl2O5. The molecule has 0 saturated heterocycles. The fourth-order valence-electron chi connectivity index (χ4n) is 0.988. The third-order valence-electron chi connectivity index (χ3n) is 1.66. The Bertz CT molecular complexity index is 416. The summed E-state index contributed by atoms with van der Waals surface area (Å²) >= 11 is 0. The zero-order valence-electron chi connectivity index (χ0n) is 7.75. The van der Waals surface area contributed by atoms with Crippen LogP contribution in [-0.2, 0) is 0 Å². The van der Waals surface area contributed by atoms with Gasteiger partial charge in [-0.2, -0.15) is 0 Å². The summed E-state index contributed by atoms with van der Waals surface area (Å²) in [4.78, 5) is 31.5. The van der Waals surface area contributed by atoms with Crippen molar-refractivity contribution in [2.24, 2.45) is 0 Å². The molecule has 0 atom stereocenters. The van der Waals surface area contributed by atoms with Gasteiger partial charge in [0.1, 0.15) is 0 Å². The van der Waals surface area contributed by atoms with E-state index < -0.39 is 11.9 Å². The highest BCUT2D eigenvalue weighted by Gasteiger charge is 2.12. The van der Waals surface area contributed by atoms with Crippen LogP contribution in [0.3, 0.4) is 0 Å². The number of aromatic carboxylic acids is 2. The van der Waals surface area contributed by atoms with Gasteiger partial charge in [-0.1, -0.05) is 0 Å². The van der Waals surface area contributed by atoms with Crippen molar-refractivity contribution >= 4 is 43.0 Å². The number of rotatable bonds is 3. The van der Waals surface area contributed by atoms with Gasteiger partial charge in [0.05, 0.1) is 11.1 Å². The summed E-state index contributed by atoms with van der Waals surface area (Å²) in [6, 6.07) is 3.26. The predicted molar refractivity (Wildman–Crippen MR) is 60.2 cm³/mol. The summed E-state index contributed by atoms with van der Waals surface area (Å²) in [5, 5.41) is 17.2. The van der Waals surface area contributed by atoms with Gasteiger partial charge in [0.15, 0.2) is 6.29 Å². The van der Waals surface area contributed by atoms with Crippen molar-refractivity contribution in [3.05, 3.63) is 34.9 Å². The molecule has 0 heterocycles. The Morgan fingerprint density at radius 3 is 2.00 bits per heavy atom. The van der Waals surface area contributed by atoms with E-state index >= 15 is 0 Å². The van der Waals surface area contributed by atoms with Crippen molar-refractivity contribution in [2.45, 2.75) is 0 Å². The largest absolute Gasteiger partial charge is 0.478 e. The van der Waals surface area contributed by atoms with Crippen LogP contribution in [0.25, 0.3) is 0 Å². The van der Waals surface area contributed by atoms with Crippen LogP contribution >= 0.6 is 24.8 Å². The molecule has 2 N–H and O–H groups in total. The van der Waals surface area contributed by atoms with Crippen LogP contribution in [-0.4, -0.2) is 28.4 Å². The highest BCUT2D eigenvalue weighted by atomic mass is 35.5. The smallest absolute Gasteiger partial charge is 0.336 e. The lowest BCUT2D eigenvalue weighted by atomic mass is 10.1. The van der Waals surface area contributed by atoms with Crippen LogP contribution in [0, 0.1) is 0 Å². The molecular weight excluding hydrogens is 259 g/mol. The predicted octanol–water partition coefficient (Wildman–Crippen LogP) is 1.74. The lowest BCUT2D eigenvalue weighted by molar-refractivity contribution is 0.0680. The SMILES string of the molecule is Cl.Cl.O=Cc1cc(C(=O)O)ccc1C(=O)O. The van der Waals surface area contributed by atoms with Crippen molar-refractivity contribution in [3.63, 3.8) is 0 Å². The van der Waals surface area contributed by atoms with E-state index in [4.69, 9.17) is 10.2 Å². The molecule has 0 spiro atoms. The van der Waals surface area contributed by atoms with Crippen LogP contribution in [0.5, 0.6) is 0 Å². The first-order chi connectivity index (χ1) is 6.56. The van der Waals surface area contributed by atoms with Crippen LogP contribution < -0.4 is 0 Å². The third kappa shape index (κ3) is 3.52. The molecule has 1 aromatic rings. The van der Waals surface area contributed by atoms with Gasteiger partial charge in [-0.25, -0.2) is 9.59 Å². The van der Waals surface area contributed by atoms with Gasteiger partial charge in [0, 0.05) is 5.56 Å². The number of carboxylic acids is 2. The van der Waals surface area contributed by atoms with E-state index in [-0.39, 0.29) is 41.5 Å². The summed E-state index contributed by atoms with van der Waals surface area (Å²) in [6.07, 6.45) is 0.315. The third-order valence-corrected chi connectivity index (χ3v) is 1.66. The van der Waals surface area contributed by atoms with Crippen molar-refractivity contribution < 1.29 is 24.6 Å². The molecule has 0 aliphatic heterocycles. The number of hydrogen-bond acceptors (Lipinski definition) is 3. The van der Waals surface area contributed by atoms with Crippen molar-refractivity contribution in [1.82, 2.24) is 0 Å². The number of aldehydes is 1. The Hall–Kier alpha value is -1.59.